The number of piperidine rings is 1. The molecule has 38 heavy (non-hydrogen) atoms. The molecule has 1 aromatic carbocycles. The average molecular weight is 544 g/mol. The van der Waals surface area contributed by atoms with Crippen LogP contribution in [0.4, 0.5) is 14.9 Å². The summed E-state index contributed by atoms with van der Waals surface area (Å²) in [5, 5.41) is 7.16. The van der Waals surface area contributed by atoms with Gasteiger partial charge in [-0.3, -0.25) is 4.79 Å². The maximum Gasteiger partial charge on any atom is 0.322 e. The number of nitrogens with one attached hydrogen (secondary N) is 2. The van der Waals surface area contributed by atoms with Gasteiger partial charge in [-0.2, -0.15) is 5.10 Å². The Hall–Kier alpha value is -3.50. The lowest BCUT2D eigenvalue weighted by molar-refractivity contribution is -0.104. The zero-order chi connectivity index (χ0) is 27.2. The number of halogens is 2. The Morgan fingerprint density at radius 1 is 1.29 bits per heavy atom. The van der Waals surface area contributed by atoms with Crippen LogP contribution in [0.2, 0.25) is 5.02 Å². The summed E-state index contributed by atoms with van der Waals surface area (Å²) in [7, 11) is 1.64. The molecule has 0 radical (unpaired) electrons. The molecule has 1 aromatic heterocycles. The number of hydrogen-bond donors (Lipinski definition) is 2. The van der Waals surface area contributed by atoms with E-state index in [0.717, 1.165) is 18.4 Å². The molecule has 202 valence electrons. The maximum absolute atomic E-state index is 15.2. The standard InChI is InChI=1S/C27H31ClFN5O4/c1-16-12-18(6-9-35)26(33-30-3)17(2)34(16)27(36)32-24-14-22(28)21(13-23(24)29)19-4-5-25(31-15-19)38-20-7-10-37-11-8-20/h4-6,9,13-17,20,30H,7-8,10-12H2,1-3H3,(H,32,36)/b18-6-,33-26-. The van der Waals surface area contributed by atoms with Gasteiger partial charge in [0.05, 0.1) is 35.7 Å². The molecule has 3 heterocycles. The van der Waals surface area contributed by atoms with E-state index in [-0.39, 0.29) is 22.9 Å². The van der Waals surface area contributed by atoms with Crippen molar-refractivity contribution in [1.82, 2.24) is 15.3 Å². The van der Waals surface area contributed by atoms with Crippen molar-refractivity contribution in [3.63, 3.8) is 0 Å². The van der Waals surface area contributed by atoms with Crippen LogP contribution in [0.25, 0.3) is 11.1 Å². The fraction of sp³-hybridized carbons (Fsp3) is 0.407. The van der Waals surface area contributed by atoms with E-state index in [1.807, 2.05) is 6.92 Å². The number of rotatable bonds is 6. The van der Waals surface area contributed by atoms with Crippen molar-refractivity contribution in [1.29, 1.82) is 0 Å². The lowest BCUT2D eigenvalue weighted by atomic mass is 9.90. The van der Waals surface area contributed by atoms with Gasteiger partial charge >= 0.3 is 6.03 Å². The zero-order valence-electron chi connectivity index (χ0n) is 21.5. The molecule has 2 aliphatic rings. The van der Waals surface area contributed by atoms with Crippen LogP contribution in [0.3, 0.4) is 0 Å². The quantitative estimate of drug-likeness (QED) is 0.308. The Balaban J connectivity index is 1.49. The smallest absolute Gasteiger partial charge is 0.322 e. The van der Waals surface area contributed by atoms with Gasteiger partial charge in [-0.15, -0.1) is 0 Å². The molecular formula is C27H31ClFN5O4. The number of nitrogens with zero attached hydrogens (tertiary/aromatic N) is 3. The van der Waals surface area contributed by atoms with Gasteiger partial charge in [0.15, 0.2) is 0 Å². The number of urea groups is 1. The Bertz CT molecular complexity index is 1230. The number of carbonyl (C=O) groups excluding carboxylic acids is 2. The van der Waals surface area contributed by atoms with Crippen molar-refractivity contribution in [2.75, 3.05) is 25.6 Å². The van der Waals surface area contributed by atoms with Crippen LogP contribution in [0.1, 0.15) is 33.1 Å². The second kappa shape index (κ2) is 12.4. The van der Waals surface area contributed by atoms with E-state index in [9.17, 15) is 9.59 Å². The van der Waals surface area contributed by atoms with E-state index in [2.05, 4.69) is 20.8 Å². The predicted octanol–water partition coefficient (Wildman–Crippen LogP) is 4.81. The van der Waals surface area contributed by atoms with Crippen LogP contribution in [0.5, 0.6) is 5.88 Å². The number of benzene rings is 1. The van der Waals surface area contributed by atoms with E-state index in [0.29, 0.717) is 48.6 Å². The zero-order valence-corrected chi connectivity index (χ0v) is 22.3. The lowest BCUT2D eigenvalue weighted by Gasteiger charge is -2.40. The van der Waals surface area contributed by atoms with E-state index in [4.69, 9.17) is 21.1 Å². The first kappa shape index (κ1) is 27.5. The van der Waals surface area contributed by atoms with Crippen LogP contribution in [-0.2, 0) is 9.53 Å². The van der Waals surface area contributed by atoms with Crippen molar-refractivity contribution < 1.29 is 23.5 Å². The SMILES string of the molecule is CN/N=C1\C(=C/C=O)CC(C)N(C(=O)Nc2cc(Cl)c(-c3ccc(OC4CCOCC4)nc3)cc2F)C1C. The number of hydrogen-bond acceptors (Lipinski definition) is 7. The number of allylic oxidation sites excluding steroid dienone is 1. The summed E-state index contributed by atoms with van der Waals surface area (Å²) in [4.78, 5) is 30.2. The third-order valence-corrected chi connectivity index (χ3v) is 6.98. The van der Waals surface area contributed by atoms with Crippen LogP contribution in [0.15, 0.2) is 47.2 Å². The van der Waals surface area contributed by atoms with E-state index >= 15 is 4.39 Å². The molecule has 9 nitrogen and oxygen atoms in total. The fourth-order valence-electron chi connectivity index (χ4n) is 4.82. The second-order valence-electron chi connectivity index (χ2n) is 9.24. The molecule has 2 aliphatic heterocycles. The number of carbonyl (C=O) groups is 2. The number of anilines is 1. The molecule has 4 rings (SSSR count). The third-order valence-electron chi connectivity index (χ3n) is 6.67. The summed E-state index contributed by atoms with van der Waals surface area (Å²) >= 11 is 6.50. The van der Waals surface area contributed by atoms with Gasteiger partial charge < -0.3 is 25.1 Å². The topological polar surface area (TPSA) is 105 Å². The highest BCUT2D eigenvalue weighted by atomic mass is 35.5. The first-order valence-corrected chi connectivity index (χ1v) is 12.9. The number of hydrazone groups is 1. The van der Waals surface area contributed by atoms with Gasteiger partial charge in [0, 0.05) is 49.3 Å². The van der Waals surface area contributed by atoms with Crippen molar-refractivity contribution >= 4 is 35.3 Å². The molecule has 2 N–H and O–H groups in total. The van der Waals surface area contributed by atoms with Gasteiger partial charge in [0.2, 0.25) is 5.88 Å². The predicted molar refractivity (Wildman–Crippen MR) is 144 cm³/mol. The first-order chi connectivity index (χ1) is 18.3. The highest BCUT2D eigenvalue weighted by Crippen LogP contribution is 2.34. The molecule has 2 fully saturated rings. The molecule has 2 saturated heterocycles. The number of likely N-dealkylation sites (tertiary alicyclic amines) is 1. The largest absolute Gasteiger partial charge is 0.474 e. The summed E-state index contributed by atoms with van der Waals surface area (Å²) in [6.45, 7) is 5.00. The van der Waals surface area contributed by atoms with Gasteiger partial charge in [-0.25, -0.2) is 14.2 Å². The van der Waals surface area contributed by atoms with Crippen LogP contribution < -0.4 is 15.5 Å². The van der Waals surface area contributed by atoms with Gasteiger partial charge in [0.25, 0.3) is 0 Å². The molecule has 2 unspecified atom stereocenters. The van der Waals surface area contributed by atoms with Crippen LogP contribution >= 0.6 is 11.6 Å². The molecule has 0 bridgehead atoms. The van der Waals surface area contributed by atoms with Crippen molar-refractivity contribution in [2.45, 2.75) is 51.3 Å². The van der Waals surface area contributed by atoms with E-state index < -0.39 is 17.9 Å². The monoisotopic (exact) mass is 543 g/mol. The molecule has 0 saturated carbocycles. The first-order valence-electron chi connectivity index (χ1n) is 12.5. The summed E-state index contributed by atoms with van der Waals surface area (Å²) in [6.07, 6.45) is 5.85. The maximum atomic E-state index is 15.2. The Labute approximate surface area is 226 Å². The third kappa shape index (κ3) is 6.14. The summed E-state index contributed by atoms with van der Waals surface area (Å²) in [5.74, 6) is -0.151. The normalized spacial score (nSPS) is 22.4. The van der Waals surface area contributed by atoms with Crippen LogP contribution in [-0.4, -0.2) is 66.4 Å². The summed E-state index contributed by atoms with van der Waals surface area (Å²) < 4.78 is 26.4. The highest BCUT2D eigenvalue weighted by molar-refractivity contribution is 6.33. The Morgan fingerprint density at radius 2 is 2.05 bits per heavy atom. The molecule has 11 heteroatoms. The Kier molecular flexibility index (Phi) is 8.96. The van der Waals surface area contributed by atoms with Crippen molar-refractivity contribution in [3.8, 4) is 17.0 Å². The number of aromatic nitrogens is 1. The molecule has 0 aliphatic carbocycles. The lowest BCUT2D eigenvalue weighted by Crippen LogP contribution is -2.54. The minimum Gasteiger partial charge on any atom is -0.474 e. The number of aldehydes is 1. The number of pyridine rings is 1. The van der Waals surface area contributed by atoms with Crippen molar-refractivity contribution in [2.24, 2.45) is 5.10 Å². The average Bonchev–Trinajstić information content (AvgIpc) is 2.89. The fourth-order valence-corrected chi connectivity index (χ4v) is 5.09. The highest BCUT2D eigenvalue weighted by Gasteiger charge is 2.36. The van der Waals surface area contributed by atoms with Crippen molar-refractivity contribution in [3.05, 3.63) is 53.0 Å². The minimum absolute atomic E-state index is 0.0445. The van der Waals surface area contributed by atoms with Crippen LogP contribution in [0, 0.1) is 5.82 Å². The molecule has 0 spiro atoms. The molecular weight excluding hydrogens is 513 g/mol. The molecule has 2 aromatic rings. The summed E-state index contributed by atoms with van der Waals surface area (Å²) in [5.41, 5.74) is 5.05. The number of amides is 2. The molecule has 2 amide bonds. The summed E-state index contributed by atoms with van der Waals surface area (Å²) in [6, 6.07) is 4.95. The van der Waals surface area contributed by atoms with E-state index in [1.54, 1.807) is 37.2 Å². The second-order valence-corrected chi connectivity index (χ2v) is 9.65. The molecule has 2 atom stereocenters. The van der Waals surface area contributed by atoms with Gasteiger partial charge in [0.1, 0.15) is 18.2 Å². The van der Waals surface area contributed by atoms with E-state index in [1.165, 1.54) is 18.2 Å². The van der Waals surface area contributed by atoms with Gasteiger partial charge in [-0.05, 0) is 50.1 Å². The minimum atomic E-state index is -0.636. The Morgan fingerprint density at radius 3 is 2.71 bits per heavy atom. The number of ether oxygens (including phenoxy) is 2. The van der Waals surface area contributed by atoms with Gasteiger partial charge in [-0.1, -0.05) is 11.6 Å².